The minimum absolute atomic E-state index is 0.105. The first-order chi connectivity index (χ1) is 9.81. The Kier molecular flexibility index (Phi) is 4.39. The summed E-state index contributed by atoms with van der Waals surface area (Å²) in [5, 5.41) is 0. The van der Waals surface area contributed by atoms with Crippen LogP contribution in [0, 0.1) is 5.92 Å². The van der Waals surface area contributed by atoms with Gasteiger partial charge < -0.3 is 9.80 Å². The van der Waals surface area contributed by atoms with Crippen molar-refractivity contribution in [3.8, 4) is 0 Å². The molecule has 0 aliphatic carbocycles. The molecule has 0 spiro atoms. The maximum Gasteiger partial charge on any atom is 0.433 e. The van der Waals surface area contributed by atoms with Gasteiger partial charge >= 0.3 is 6.18 Å². The van der Waals surface area contributed by atoms with E-state index in [9.17, 15) is 18.0 Å². The highest BCUT2D eigenvalue weighted by Crippen LogP contribution is 2.29. The van der Waals surface area contributed by atoms with Gasteiger partial charge in [-0.25, -0.2) is 4.98 Å². The van der Waals surface area contributed by atoms with Crippen molar-refractivity contribution in [2.75, 3.05) is 31.6 Å². The van der Waals surface area contributed by atoms with Crippen molar-refractivity contribution in [2.45, 2.75) is 19.5 Å². The molecule has 1 amide bonds. The summed E-state index contributed by atoms with van der Waals surface area (Å²) in [7, 11) is 1.70. The maximum absolute atomic E-state index is 12.7. The summed E-state index contributed by atoms with van der Waals surface area (Å²) < 4.78 is 38.0. The molecule has 2 heterocycles. The minimum Gasteiger partial charge on any atom is -0.359 e. The number of hydrogen-bond acceptors (Lipinski definition) is 3. The van der Waals surface area contributed by atoms with E-state index in [0.29, 0.717) is 26.1 Å². The number of carbonyl (C=O) groups excluding carboxylic acids is 1. The summed E-state index contributed by atoms with van der Waals surface area (Å²) in [6.07, 6.45) is -4.00. The molecule has 7 heteroatoms. The van der Waals surface area contributed by atoms with Crippen molar-refractivity contribution in [1.82, 2.24) is 9.88 Å². The highest BCUT2D eigenvalue weighted by molar-refractivity contribution is 5.78. The van der Waals surface area contributed by atoms with Crippen LogP contribution in [-0.4, -0.2) is 42.5 Å². The van der Waals surface area contributed by atoms with Gasteiger partial charge in [-0.15, -0.1) is 0 Å². The molecule has 0 N–H and O–H groups in total. The van der Waals surface area contributed by atoms with Crippen LogP contribution >= 0.6 is 0 Å². The molecule has 1 aliphatic heterocycles. The molecule has 0 saturated carbocycles. The molecule has 1 atom stereocenters. The number of rotatable bonds is 4. The number of likely N-dealkylation sites (tertiary alicyclic amines) is 1. The lowest BCUT2D eigenvalue weighted by atomic mass is 10.1. The Balaban J connectivity index is 2.04. The van der Waals surface area contributed by atoms with E-state index in [-0.39, 0.29) is 17.6 Å². The lowest BCUT2D eigenvalue weighted by molar-refractivity contribution is -0.141. The largest absolute Gasteiger partial charge is 0.433 e. The van der Waals surface area contributed by atoms with Crippen LogP contribution in [-0.2, 0) is 11.0 Å². The Bertz CT molecular complexity index is 518. The van der Waals surface area contributed by atoms with Crippen LogP contribution in [0.5, 0.6) is 0 Å². The van der Waals surface area contributed by atoms with Crippen LogP contribution < -0.4 is 4.90 Å². The molecule has 1 unspecified atom stereocenters. The van der Waals surface area contributed by atoms with E-state index in [4.69, 9.17) is 0 Å². The molecule has 1 aromatic rings. The second kappa shape index (κ2) is 5.91. The first kappa shape index (κ1) is 15.6. The number of alkyl halides is 3. The van der Waals surface area contributed by atoms with Gasteiger partial charge in [0, 0.05) is 39.0 Å². The Morgan fingerprint density at radius 2 is 2.14 bits per heavy atom. The summed E-state index contributed by atoms with van der Waals surface area (Å²) in [6, 6.07) is 3.85. The van der Waals surface area contributed by atoms with Crippen LogP contribution in [0.25, 0.3) is 0 Å². The number of anilines is 1. The Hall–Kier alpha value is -1.79. The van der Waals surface area contributed by atoms with Crippen molar-refractivity contribution in [3.63, 3.8) is 0 Å². The predicted octanol–water partition coefficient (Wildman–Crippen LogP) is 2.41. The van der Waals surface area contributed by atoms with Crippen molar-refractivity contribution < 1.29 is 18.0 Å². The maximum atomic E-state index is 12.7. The first-order valence-corrected chi connectivity index (χ1v) is 6.84. The summed E-state index contributed by atoms with van der Waals surface area (Å²) in [6.45, 7) is 3.74. The van der Waals surface area contributed by atoms with Crippen LogP contribution in [0.3, 0.4) is 0 Å². The van der Waals surface area contributed by atoms with Gasteiger partial charge in [0.05, 0.1) is 0 Å². The van der Waals surface area contributed by atoms with Crippen LogP contribution in [0.1, 0.15) is 19.0 Å². The summed E-state index contributed by atoms with van der Waals surface area (Å²) in [4.78, 5) is 18.7. The Morgan fingerprint density at radius 1 is 1.43 bits per heavy atom. The van der Waals surface area contributed by atoms with Gasteiger partial charge in [0.1, 0.15) is 11.5 Å². The fraction of sp³-hybridized carbons (Fsp3) is 0.571. The SMILES string of the molecule is CCN1CC(CN(C)c2cccc(C(F)(F)F)n2)CC1=O. The van der Waals surface area contributed by atoms with Gasteiger partial charge in [0.25, 0.3) is 0 Å². The Morgan fingerprint density at radius 3 is 2.71 bits per heavy atom. The molecular weight excluding hydrogens is 283 g/mol. The molecule has 21 heavy (non-hydrogen) atoms. The smallest absolute Gasteiger partial charge is 0.359 e. The highest BCUT2D eigenvalue weighted by atomic mass is 19.4. The molecular formula is C14H18F3N3O. The van der Waals surface area contributed by atoms with E-state index < -0.39 is 11.9 Å². The second-order valence-electron chi connectivity index (χ2n) is 5.26. The normalized spacial score (nSPS) is 19.2. The molecule has 0 bridgehead atoms. The first-order valence-electron chi connectivity index (χ1n) is 6.84. The fourth-order valence-corrected chi connectivity index (χ4v) is 2.56. The average Bonchev–Trinajstić information content (AvgIpc) is 2.78. The van der Waals surface area contributed by atoms with E-state index in [2.05, 4.69) is 4.98 Å². The van der Waals surface area contributed by atoms with Gasteiger partial charge in [-0.3, -0.25) is 4.79 Å². The zero-order valence-corrected chi connectivity index (χ0v) is 12.0. The van der Waals surface area contributed by atoms with E-state index in [1.807, 2.05) is 6.92 Å². The van der Waals surface area contributed by atoms with Crippen molar-refractivity contribution in [2.24, 2.45) is 5.92 Å². The standard InChI is InChI=1S/C14H18F3N3O/c1-3-20-9-10(7-13(20)21)8-19(2)12-6-4-5-11(18-12)14(15,16)17/h4-6,10H,3,7-9H2,1-2H3. The lowest BCUT2D eigenvalue weighted by Crippen LogP contribution is -2.29. The molecule has 1 fully saturated rings. The molecule has 0 radical (unpaired) electrons. The number of aromatic nitrogens is 1. The number of amides is 1. The van der Waals surface area contributed by atoms with Crippen molar-refractivity contribution in [1.29, 1.82) is 0 Å². The fourth-order valence-electron chi connectivity index (χ4n) is 2.56. The van der Waals surface area contributed by atoms with Crippen LogP contribution in [0.2, 0.25) is 0 Å². The third-order valence-electron chi connectivity index (χ3n) is 3.62. The zero-order chi connectivity index (χ0) is 15.6. The number of carbonyl (C=O) groups is 1. The summed E-state index contributed by atoms with van der Waals surface area (Å²) in [5.41, 5.74) is -0.899. The molecule has 1 aliphatic rings. The lowest BCUT2D eigenvalue weighted by Gasteiger charge is -2.22. The zero-order valence-electron chi connectivity index (χ0n) is 12.0. The average molecular weight is 301 g/mol. The highest BCUT2D eigenvalue weighted by Gasteiger charge is 2.33. The van der Waals surface area contributed by atoms with Crippen LogP contribution in [0.4, 0.5) is 19.0 Å². The quantitative estimate of drug-likeness (QED) is 0.857. The van der Waals surface area contributed by atoms with Gasteiger partial charge in [-0.1, -0.05) is 6.07 Å². The minimum atomic E-state index is -4.45. The Labute approximate surface area is 121 Å². The monoisotopic (exact) mass is 301 g/mol. The number of pyridine rings is 1. The molecule has 0 aromatic carbocycles. The third-order valence-corrected chi connectivity index (χ3v) is 3.62. The van der Waals surface area contributed by atoms with Crippen molar-refractivity contribution in [3.05, 3.63) is 23.9 Å². The molecule has 4 nitrogen and oxygen atoms in total. The van der Waals surface area contributed by atoms with E-state index >= 15 is 0 Å². The van der Waals surface area contributed by atoms with Gasteiger partial charge in [0.15, 0.2) is 0 Å². The van der Waals surface area contributed by atoms with Gasteiger partial charge in [-0.05, 0) is 19.1 Å². The number of halogens is 3. The van der Waals surface area contributed by atoms with Gasteiger partial charge in [0.2, 0.25) is 5.91 Å². The van der Waals surface area contributed by atoms with Crippen LogP contribution in [0.15, 0.2) is 18.2 Å². The summed E-state index contributed by atoms with van der Waals surface area (Å²) in [5.74, 6) is 0.499. The van der Waals surface area contributed by atoms with E-state index in [1.54, 1.807) is 22.9 Å². The number of hydrogen-bond donors (Lipinski definition) is 0. The van der Waals surface area contributed by atoms with Gasteiger partial charge in [-0.2, -0.15) is 13.2 Å². The third kappa shape index (κ3) is 3.65. The predicted molar refractivity (Wildman–Crippen MR) is 72.9 cm³/mol. The molecule has 1 aromatic heterocycles. The van der Waals surface area contributed by atoms with E-state index in [1.165, 1.54) is 6.07 Å². The molecule has 2 rings (SSSR count). The second-order valence-corrected chi connectivity index (χ2v) is 5.26. The summed E-state index contributed by atoms with van der Waals surface area (Å²) >= 11 is 0. The van der Waals surface area contributed by atoms with E-state index in [0.717, 1.165) is 6.07 Å². The molecule has 116 valence electrons. The topological polar surface area (TPSA) is 36.4 Å². The molecule has 1 saturated heterocycles. The number of nitrogens with zero attached hydrogens (tertiary/aromatic N) is 3. The van der Waals surface area contributed by atoms with Crippen molar-refractivity contribution >= 4 is 11.7 Å².